The van der Waals surface area contributed by atoms with Crippen LogP contribution < -0.4 is 10.6 Å². The highest BCUT2D eigenvalue weighted by atomic mass is 127. The lowest BCUT2D eigenvalue weighted by Gasteiger charge is -2.34. The largest absolute Gasteiger partial charge is 0.351 e. The molecule has 1 unspecified atom stereocenters. The molecule has 104 valence electrons. The number of hydrogen-bond acceptors (Lipinski definition) is 2. The van der Waals surface area contributed by atoms with E-state index in [0.717, 1.165) is 39.7 Å². The molecular weight excluding hydrogens is 419 g/mol. The molecule has 0 aromatic heterocycles. The number of benzene rings is 1. The van der Waals surface area contributed by atoms with Gasteiger partial charge in [-0.05, 0) is 65.6 Å². The fourth-order valence-electron chi connectivity index (χ4n) is 2.33. The highest BCUT2D eigenvalue weighted by molar-refractivity contribution is 14.1. The lowest BCUT2D eigenvalue weighted by molar-refractivity contribution is 0.0923. The van der Waals surface area contributed by atoms with Gasteiger partial charge in [0.25, 0.3) is 5.91 Å². The molecule has 1 atom stereocenters. The first-order valence-corrected chi connectivity index (χ1v) is 8.31. The summed E-state index contributed by atoms with van der Waals surface area (Å²) >= 11 is 5.61. The quantitative estimate of drug-likeness (QED) is 0.714. The molecule has 0 aliphatic carbocycles. The Bertz CT molecular complexity index is 473. The van der Waals surface area contributed by atoms with E-state index in [9.17, 15) is 4.79 Å². The summed E-state index contributed by atoms with van der Waals surface area (Å²) in [5.41, 5.74) is 0.910. The van der Waals surface area contributed by atoms with E-state index in [0.29, 0.717) is 0 Å². The molecule has 2 N–H and O–H groups in total. The molecule has 1 aromatic carbocycles. The van der Waals surface area contributed by atoms with Crippen LogP contribution in [-0.4, -0.2) is 25.5 Å². The first-order valence-electron chi connectivity index (χ1n) is 6.44. The van der Waals surface area contributed by atoms with E-state index in [4.69, 9.17) is 0 Å². The molecule has 1 saturated heterocycles. The predicted molar refractivity (Wildman–Crippen MR) is 89.4 cm³/mol. The molecular formula is C14H18BrIN2O. The fraction of sp³-hybridized carbons (Fsp3) is 0.500. The van der Waals surface area contributed by atoms with Gasteiger partial charge in [-0.15, -0.1) is 0 Å². The van der Waals surface area contributed by atoms with Crippen molar-refractivity contribution in [3.8, 4) is 0 Å². The normalized spacial score (nSPS) is 23.1. The Morgan fingerprint density at radius 1 is 1.58 bits per heavy atom. The Balaban J connectivity index is 1.99. The monoisotopic (exact) mass is 436 g/mol. The topological polar surface area (TPSA) is 41.1 Å². The van der Waals surface area contributed by atoms with Gasteiger partial charge in [-0.3, -0.25) is 4.79 Å². The number of rotatable bonds is 3. The van der Waals surface area contributed by atoms with Crippen molar-refractivity contribution in [2.24, 2.45) is 5.41 Å². The van der Waals surface area contributed by atoms with Gasteiger partial charge in [0.15, 0.2) is 0 Å². The molecule has 0 saturated carbocycles. The van der Waals surface area contributed by atoms with E-state index in [-0.39, 0.29) is 11.3 Å². The van der Waals surface area contributed by atoms with Gasteiger partial charge < -0.3 is 10.6 Å². The maximum absolute atomic E-state index is 12.2. The molecule has 2 rings (SSSR count). The smallest absolute Gasteiger partial charge is 0.252 e. The molecule has 0 spiro atoms. The second kappa shape index (κ2) is 6.54. The van der Waals surface area contributed by atoms with Gasteiger partial charge in [0.1, 0.15) is 0 Å². The molecule has 5 heteroatoms. The number of nitrogens with one attached hydrogen (secondary N) is 2. The first-order chi connectivity index (χ1) is 9.00. The van der Waals surface area contributed by atoms with Crippen molar-refractivity contribution in [3.63, 3.8) is 0 Å². The SMILES string of the molecule is CC1(CNC(=O)c2cc(Br)ccc2I)CCCNC1. The molecule has 0 bridgehead atoms. The molecule has 1 fully saturated rings. The number of carbonyl (C=O) groups is 1. The maximum atomic E-state index is 12.2. The van der Waals surface area contributed by atoms with Crippen LogP contribution in [0.4, 0.5) is 0 Å². The molecule has 0 radical (unpaired) electrons. The highest BCUT2D eigenvalue weighted by Crippen LogP contribution is 2.24. The van der Waals surface area contributed by atoms with Crippen LogP contribution in [0.2, 0.25) is 0 Å². The standard InChI is InChI=1S/C14H18BrIN2O/c1-14(5-2-6-17-8-14)9-18-13(19)11-7-10(15)3-4-12(11)16/h3-4,7,17H,2,5-6,8-9H2,1H3,(H,18,19). The number of halogens is 2. The van der Waals surface area contributed by atoms with Crippen molar-refractivity contribution in [2.45, 2.75) is 19.8 Å². The first kappa shape index (κ1) is 15.3. The Morgan fingerprint density at radius 3 is 3.05 bits per heavy atom. The molecule has 1 aromatic rings. The van der Waals surface area contributed by atoms with E-state index in [2.05, 4.69) is 56.1 Å². The van der Waals surface area contributed by atoms with Crippen LogP contribution in [0.25, 0.3) is 0 Å². The predicted octanol–water partition coefficient (Wildman–Crippen LogP) is 3.17. The number of piperidine rings is 1. The van der Waals surface area contributed by atoms with E-state index >= 15 is 0 Å². The average molecular weight is 437 g/mol. The van der Waals surface area contributed by atoms with Crippen LogP contribution in [0.1, 0.15) is 30.1 Å². The summed E-state index contributed by atoms with van der Waals surface area (Å²) < 4.78 is 1.91. The number of carbonyl (C=O) groups excluding carboxylic acids is 1. The van der Waals surface area contributed by atoms with Crippen molar-refractivity contribution < 1.29 is 4.79 Å². The van der Waals surface area contributed by atoms with Crippen LogP contribution in [0.15, 0.2) is 22.7 Å². The Morgan fingerprint density at radius 2 is 2.37 bits per heavy atom. The summed E-state index contributed by atoms with van der Waals surface area (Å²) in [6.07, 6.45) is 2.34. The summed E-state index contributed by atoms with van der Waals surface area (Å²) in [7, 11) is 0. The summed E-state index contributed by atoms with van der Waals surface area (Å²) in [5.74, 6) is 0.0116. The minimum absolute atomic E-state index is 0.0116. The van der Waals surface area contributed by atoms with Gasteiger partial charge in [-0.25, -0.2) is 0 Å². The number of amides is 1. The van der Waals surface area contributed by atoms with Gasteiger partial charge >= 0.3 is 0 Å². The van der Waals surface area contributed by atoms with Gasteiger partial charge in [-0.2, -0.15) is 0 Å². The van der Waals surface area contributed by atoms with E-state index in [1.165, 1.54) is 6.42 Å². The lowest BCUT2D eigenvalue weighted by Crippen LogP contribution is -2.45. The summed E-state index contributed by atoms with van der Waals surface area (Å²) in [4.78, 5) is 12.2. The summed E-state index contributed by atoms with van der Waals surface area (Å²) in [5, 5.41) is 6.47. The van der Waals surface area contributed by atoms with Crippen LogP contribution >= 0.6 is 38.5 Å². The molecule has 19 heavy (non-hydrogen) atoms. The molecule has 1 aliphatic rings. The average Bonchev–Trinajstić information content (AvgIpc) is 2.40. The zero-order chi connectivity index (χ0) is 13.9. The Hall–Kier alpha value is -0.140. The summed E-state index contributed by atoms with van der Waals surface area (Å²) in [6, 6.07) is 5.77. The van der Waals surface area contributed by atoms with Crippen LogP contribution in [0, 0.1) is 8.99 Å². The van der Waals surface area contributed by atoms with Crippen molar-refractivity contribution in [2.75, 3.05) is 19.6 Å². The fourth-order valence-corrected chi connectivity index (χ4v) is 3.27. The maximum Gasteiger partial charge on any atom is 0.252 e. The van der Waals surface area contributed by atoms with Crippen LogP contribution in [0.3, 0.4) is 0 Å². The van der Waals surface area contributed by atoms with Crippen molar-refractivity contribution in [3.05, 3.63) is 31.8 Å². The third-order valence-electron chi connectivity index (χ3n) is 3.53. The zero-order valence-corrected chi connectivity index (χ0v) is 14.7. The van der Waals surface area contributed by atoms with Gasteiger partial charge in [0.05, 0.1) is 5.56 Å². The second-order valence-electron chi connectivity index (χ2n) is 5.40. The Labute approximate surface area is 136 Å². The molecule has 3 nitrogen and oxygen atoms in total. The van der Waals surface area contributed by atoms with E-state index in [1.807, 2.05) is 18.2 Å². The Kier molecular flexibility index (Phi) is 5.25. The van der Waals surface area contributed by atoms with Gasteiger partial charge in [0, 0.05) is 21.1 Å². The van der Waals surface area contributed by atoms with Gasteiger partial charge in [-0.1, -0.05) is 22.9 Å². The van der Waals surface area contributed by atoms with Crippen LogP contribution in [0.5, 0.6) is 0 Å². The minimum Gasteiger partial charge on any atom is -0.351 e. The molecule has 1 aliphatic heterocycles. The van der Waals surface area contributed by atoms with Crippen molar-refractivity contribution in [1.82, 2.24) is 10.6 Å². The second-order valence-corrected chi connectivity index (χ2v) is 7.48. The minimum atomic E-state index is 0.0116. The van der Waals surface area contributed by atoms with Gasteiger partial charge in [0.2, 0.25) is 0 Å². The lowest BCUT2D eigenvalue weighted by atomic mass is 9.83. The summed E-state index contributed by atoms with van der Waals surface area (Å²) in [6.45, 7) is 5.02. The third-order valence-corrected chi connectivity index (χ3v) is 4.97. The van der Waals surface area contributed by atoms with Crippen molar-refractivity contribution >= 4 is 44.4 Å². The molecule has 1 heterocycles. The number of hydrogen-bond donors (Lipinski definition) is 2. The van der Waals surface area contributed by atoms with E-state index in [1.54, 1.807) is 0 Å². The third kappa shape index (κ3) is 4.16. The molecule has 1 amide bonds. The zero-order valence-electron chi connectivity index (χ0n) is 10.9. The van der Waals surface area contributed by atoms with Crippen molar-refractivity contribution in [1.29, 1.82) is 0 Å². The van der Waals surface area contributed by atoms with E-state index < -0.39 is 0 Å². The van der Waals surface area contributed by atoms with Crippen LogP contribution in [-0.2, 0) is 0 Å². The highest BCUT2D eigenvalue weighted by Gasteiger charge is 2.27.